The lowest BCUT2D eigenvalue weighted by Crippen LogP contribution is -2.39. The highest BCUT2D eigenvalue weighted by molar-refractivity contribution is 7.12. The summed E-state index contributed by atoms with van der Waals surface area (Å²) in [5.74, 6) is 0.226. The molecule has 0 radical (unpaired) electrons. The van der Waals surface area contributed by atoms with Crippen LogP contribution in [0, 0.1) is 0 Å². The number of likely N-dealkylation sites (N-methyl/N-ethyl adjacent to an activating group) is 1. The molecule has 0 saturated carbocycles. The monoisotopic (exact) mass is 269 g/mol. The fourth-order valence-corrected chi connectivity index (χ4v) is 2.61. The number of nitrogens with zero attached hydrogens (tertiary/aromatic N) is 1. The Hall–Kier alpha value is -0.710. The van der Waals surface area contributed by atoms with E-state index in [0.717, 1.165) is 24.4 Å². The van der Waals surface area contributed by atoms with E-state index < -0.39 is 5.60 Å². The number of carbonyl (C=O) groups is 1. The topological polar surface area (TPSA) is 40.5 Å². The predicted molar refractivity (Wildman–Crippen MR) is 76.3 cm³/mol. The van der Waals surface area contributed by atoms with Crippen molar-refractivity contribution in [2.45, 2.75) is 39.2 Å². The van der Waals surface area contributed by atoms with Gasteiger partial charge in [-0.2, -0.15) is 0 Å². The average Bonchev–Trinajstić information content (AvgIpc) is 2.79. The van der Waals surface area contributed by atoms with E-state index in [-0.39, 0.29) is 5.78 Å². The number of carbonyl (C=O) groups excluding carboxylic acids is 1. The molecular weight excluding hydrogens is 246 g/mol. The van der Waals surface area contributed by atoms with Crippen molar-refractivity contribution >= 4 is 17.1 Å². The van der Waals surface area contributed by atoms with Gasteiger partial charge in [0, 0.05) is 13.0 Å². The number of hydrogen-bond donors (Lipinski definition) is 1. The van der Waals surface area contributed by atoms with Gasteiger partial charge in [-0.3, -0.25) is 4.79 Å². The number of ketones is 1. The van der Waals surface area contributed by atoms with Crippen molar-refractivity contribution in [3.63, 3.8) is 0 Å². The highest BCUT2D eigenvalue weighted by Gasteiger charge is 2.17. The van der Waals surface area contributed by atoms with Crippen molar-refractivity contribution in [3.8, 4) is 0 Å². The summed E-state index contributed by atoms with van der Waals surface area (Å²) in [7, 11) is 0. The maximum absolute atomic E-state index is 11.8. The van der Waals surface area contributed by atoms with Gasteiger partial charge in [0.1, 0.15) is 0 Å². The molecule has 0 unspecified atom stereocenters. The maximum Gasteiger partial charge on any atom is 0.172 e. The number of rotatable bonds is 8. The summed E-state index contributed by atoms with van der Waals surface area (Å²) in [5, 5.41) is 11.7. The molecule has 1 aromatic rings. The van der Waals surface area contributed by atoms with Crippen molar-refractivity contribution < 1.29 is 9.90 Å². The van der Waals surface area contributed by atoms with Crippen LogP contribution in [0.3, 0.4) is 0 Å². The maximum atomic E-state index is 11.8. The molecule has 102 valence electrons. The van der Waals surface area contributed by atoms with Crippen LogP contribution >= 0.6 is 11.3 Å². The van der Waals surface area contributed by atoms with Crippen LogP contribution in [-0.4, -0.2) is 41.0 Å². The minimum absolute atomic E-state index is 0.226. The number of aliphatic hydroxyl groups is 1. The van der Waals surface area contributed by atoms with Crippen LogP contribution in [0.1, 0.15) is 43.3 Å². The molecule has 3 nitrogen and oxygen atoms in total. The first-order chi connectivity index (χ1) is 8.42. The fraction of sp³-hybridized carbons (Fsp3) is 0.643. The molecule has 0 atom stereocenters. The van der Waals surface area contributed by atoms with Crippen LogP contribution in [-0.2, 0) is 0 Å². The Labute approximate surface area is 113 Å². The number of hydrogen-bond acceptors (Lipinski definition) is 4. The lowest BCUT2D eigenvalue weighted by Gasteiger charge is -2.27. The van der Waals surface area contributed by atoms with E-state index in [2.05, 4.69) is 11.8 Å². The van der Waals surface area contributed by atoms with Crippen molar-refractivity contribution in [2.75, 3.05) is 19.6 Å². The van der Waals surface area contributed by atoms with Crippen LogP contribution in [0.25, 0.3) is 0 Å². The molecule has 0 amide bonds. The van der Waals surface area contributed by atoms with Gasteiger partial charge in [-0.1, -0.05) is 13.0 Å². The minimum Gasteiger partial charge on any atom is -0.389 e. The standard InChI is InChI=1S/C14H23NO2S/c1-4-15(11-14(2,3)17)9-5-7-12(16)13-8-6-10-18-13/h6,8,10,17H,4-5,7,9,11H2,1-3H3. The highest BCUT2D eigenvalue weighted by Crippen LogP contribution is 2.13. The second kappa shape index (κ2) is 7.02. The lowest BCUT2D eigenvalue weighted by molar-refractivity contribution is 0.0374. The van der Waals surface area contributed by atoms with E-state index in [4.69, 9.17) is 0 Å². The minimum atomic E-state index is -0.673. The molecule has 0 aliphatic heterocycles. The van der Waals surface area contributed by atoms with E-state index in [0.29, 0.717) is 13.0 Å². The molecule has 0 fully saturated rings. The SMILES string of the molecule is CCN(CCCC(=O)c1cccs1)CC(C)(C)O. The largest absolute Gasteiger partial charge is 0.389 e. The number of Topliss-reactive ketones (excluding diaryl/α,β-unsaturated/α-hetero) is 1. The van der Waals surface area contributed by atoms with Crippen LogP contribution < -0.4 is 0 Å². The Bertz CT molecular complexity index is 354. The van der Waals surface area contributed by atoms with Crippen molar-refractivity contribution in [2.24, 2.45) is 0 Å². The Morgan fingerprint density at radius 2 is 2.22 bits per heavy atom. The zero-order valence-electron chi connectivity index (χ0n) is 11.5. The first-order valence-electron chi connectivity index (χ1n) is 6.44. The molecule has 0 aromatic carbocycles. The molecule has 0 bridgehead atoms. The molecule has 1 N–H and O–H groups in total. The van der Waals surface area contributed by atoms with Gasteiger partial charge in [0.15, 0.2) is 5.78 Å². The summed E-state index contributed by atoms with van der Waals surface area (Å²) < 4.78 is 0. The third-order valence-electron chi connectivity index (χ3n) is 2.73. The highest BCUT2D eigenvalue weighted by atomic mass is 32.1. The molecule has 0 aliphatic carbocycles. The lowest BCUT2D eigenvalue weighted by atomic mass is 10.1. The van der Waals surface area contributed by atoms with Crippen molar-refractivity contribution in [1.82, 2.24) is 4.90 Å². The first-order valence-corrected chi connectivity index (χ1v) is 7.32. The molecule has 18 heavy (non-hydrogen) atoms. The van der Waals surface area contributed by atoms with Crippen molar-refractivity contribution in [1.29, 1.82) is 0 Å². The summed E-state index contributed by atoms with van der Waals surface area (Å²) in [6, 6.07) is 3.78. The Morgan fingerprint density at radius 3 is 2.72 bits per heavy atom. The molecule has 1 heterocycles. The van der Waals surface area contributed by atoms with Gasteiger partial charge in [0.2, 0.25) is 0 Å². The van der Waals surface area contributed by atoms with Gasteiger partial charge in [-0.15, -0.1) is 11.3 Å². The van der Waals surface area contributed by atoms with E-state index in [1.54, 1.807) is 0 Å². The van der Waals surface area contributed by atoms with E-state index in [1.165, 1.54) is 11.3 Å². The van der Waals surface area contributed by atoms with E-state index in [1.807, 2.05) is 31.4 Å². The Kier molecular flexibility index (Phi) is 5.99. The molecular formula is C14H23NO2S. The summed E-state index contributed by atoms with van der Waals surface area (Å²) in [6.07, 6.45) is 1.43. The summed E-state index contributed by atoms with van der Waals surface area (Å²) in [4.78, 5) is 14.8. The van der Waals surface area contributed by atoms with Gasteiger partial charge in [-0.05, 0) is 44.8 Å². The molecule has 1 rings (SSSR count). The van der Waals surface area contributed by atoms with Gasteiger partial charge in [0.05, 0.1) is 10.5 Å². The molecule has 0 spiro atoms. The van der Waals surface area contributed by atoms with Crippen LogP contribution in [0.15, 0.2) is 17.5 Å². The van der Waals surface area contributed by atoms with E-state index >= 15 is 0 Å². The van der Waals surface area contributed by atoms with Gasteiger partial charge >= 0.3 is 0 Å². The molecule has 0 saturated heterocycles. The third-order valence-corrected chi connectivity index (χ3v) is 3.64. The molecule has 4 heteroatoms. The summed E-state index contributed by atoms with van der Waals surface area (Å²) >= 11 is 1.50. The van der Waals surface area contributed by atoms with Gasteiger partial charge < -0.3 is 10.0 Å². The van der Waals surface area contributed by atoms with Gasteiger partial charge in [0.25, 0.3) is 0 Å². The Morgan fingerprint density at radius 1 is 1.50 bits per heavy atom. The molecule has 1 aromatic heterocycles. The number of thiophene rings is 1. The first kappa shape index (κ1) is 15.3. The second-order valence-electron chi connectivity index (χ2n) is 5.19. The normalized spacial score (nSPS) is 12.1. The predicted octanol–water partition coefficient (Wildman–Crippen LogP) is 2.80. The fourth-order valence-electron chi connectivity index (χ4n) is 1.92. The smallest absolute Gasteiger partial charge is 0.172 e. The average molecular weight is 269 g/mol. The molecule has 0 aliphatic rings. The zero-order valence-corrected chi connectivity index (χ0v) is 12.3. The van der Waals surface area contributed by atoms with E-state index in [9.17, 15) is 9.90 Å². The van der Waals surface area contributed by atoms with Crippen LogP contribution in [0.5, 0.6) is 0 Å². The summed E-state index contributed by atoms with van der Waals surface area (Å²) in [6.45, 7) is 8.11. The van der Waals surface area contributed by atoms with Crippen LogP contribution in [0.2, 0.25) is 0 Å². The van der Waals surface area contributed by atoms with Crippen LogP contribution in [0.4, 0.5) is 0 Å². The van der Waals surface area contributed by atoms with Crippen molar-refractivity contribution in [3.05, 3.63) is 22.4 Å². The summed E-state index contributed by atoms with van der Waals surface area (Å²) in [5.41, 5.74) is -0.673. The van der Waals surface area contributed by atoms with Gasteiger partial charge in [-0.25, -0.2) is 0 Å². The Balaban J connectivity index is 2.29. The second-order valence-corrected chi connectivity index (χ2v) is 6.13. The zero-order chi connectivity index (χ0) is 13.6. The quantitative estimate of drug-likeness (QED) is 0.738. The third kappa shape index (κ3) is 5.76.